The second kappa shape index (κ2) is 7.98. The Morgan fingerprint density at radius 2 is 1.74 bits per heavy atom. The molecular formula is C15H15BrN2O4S. The fraction of sp³-hybridized carbons (Fsp3) is 0.200. The molecule has 0 fully saturated rings. The Balaban J connectivity index is 1.83. The highest BCUT2D eigenvalue weighted by Gasteiger charge is 2.16. The van der Waals surface area contributed by atoms with Crippen molar-refractivity contribution in [3.63, 3.8) is 0 Å². The number of hydrogen-bond acceptors (Lipinski definition) is 5. The van der Waals surface area contributed by atoms with Gasteiger partial charge in [0, 0.05) is 0 Å². The highest BCUT2D eigenvalue weighted by atomic mass is 79.9. The predicted molar refractivity (Wildman–Crippen MR) is 90.7 cm³/mol. The number of carbonyl (C=O) groups excluding carboxylic acids is 2. The summed E-state index contributed by atoms with van der Waals surface area (Å²) >= 11 is 4.55. The van der Waals surface area contributed by atoms with Crippen molar-refractivity contribution in [1.82, 2.24) is 10.9 Å². The average Bonchev–Trinajstić information content (AvgIpc) is 2.99. The number of hydrogen-bond donors (Lipinski definition) is 2. The fourth-order valence-corrected chi connectivity index (χ4v) is 2.91. The van der Waals surface area contributed by atoms with E-state index in [0.29, 0.717) is 16.4 Å². The maximum atomic E-state index is 11.9. The number of amides is 2. The van der Waals surface area contributed by atoms with Gasteiger partial charge in [-0.05, 0) is 59.3 Å². The molecule has 1 unspecified atom stereocenters. The summed E-state index contributed by atoms with van der Waals surface area (Å²) in [5.74, 6) is 0.390. The van der Waals surface area contributed by atoms with E-state index in [1.165, 1.54) is 11.3 Å². The molecule has 0 saturated heterocycles. The van der Waals surface area contributed by atoms with E-state index in [1.807, 2.05) is 0 Å². The summed E-state index contributed by atoms with van der Waals surface area (Å²) in [6, 6.07) is 10.3. The normalized spacial score (nSPS) is 11.4. The number of carbonyl (C=O) groups is 2. The minimum Gasteiger partial charge on any atom is -0.497 e. The zero-order chi connectivity index (χ0) is 16.8. The van der Waals surface area contributed by atoms with Crippen LogP contribution in [0.1, 0.15) is 16.6 Å². The minimum atomic E-state index is -0.765. The van der Waals surface area contributed by atoms with Gasteiger partial charge in [0.1, 0.15) is 11.5 Å². The summed E-state index contributed by atoms with van der Waals surface area (Å²) in [4.78, 5) is 24.2. The van der Waals surface area contributed by atoms with Crippen LogP contribution in [0.25, 0.3) is 0 Å². The van der Waals surface area contributed by atoms with Gasteiger partial charge in [-0.15, -0.1) is 11.3 Å². The smallest absolute Gasteiger partial charge is 0.279 e. The number of halogens is 1. The number of thiophene rings is 1. The Morgan fingerprint density at radius 1 is 1.09 bits per heavy atom. The van der Waals surface area contributed by atoms with Crippen LogP contribution < -0.4 is 20.3 Å². The molecule has 0 aliphatic heterocycles. The third-order valence-corrected chi connectivity index (χ3v) is 4.46. The molecule has 0 saturated carbocycles. The highest BCUT2D eigenvalue weighted by Crippen LogP contribution is 2.21. The first-order valence-corrected chi connectivity index (χ1v) is 8.27. The van der Waals surface area contributed by atoms with Gasteiger partial charge in [-0.2, -0.15) is 0 Å². The van der Waals surface area contributed by atoms with Crippen LogP contribution >= 0.6 is 27.3 Å². The molecule has 1 aromatic carbocycles. The first-order valence-electron chi connectivity index (χ1n) is 6.66. The van der Waals surface area contributed by atoms with E-state index in [1.54, 1.807) is 50.4 Å². The van der Waals surface area contributed by atoms with E-state index in [0.717, 1.165) is 3.79 Å². The summed E-state index contributed by atoms with van der Waals surface area (Å²) in [7, 11) is 1.57. The number of rotatable bonds is 5. The molecule has 2 rings (SSSR count). The van der Waals surface area contributed by atoms with E-state index in [-0.39, 0.29) is 5.91 Å². The largest absolute Gasteiger partial charge is 0.497 e. The van der Waals surface area contributed by atoms with Crippen molar-refractivity contribution in [3.8, 4) is 11.5 Å². The highest BCUT2D eigenvalue weighted by molar-refractivity contribution is 9.11. The number of nitrogens with one attached hydrogen (secondary N) is 2. The molecule has 0 spiro atoms. The van der Waals surface area contributed by atoms with Gasteiger partial charge >= 0.3 is 0 Å². The summed E-state index contributed by atoms with van der Waals surface area (Å²) in [5.41, 5.74) is 4.68. The van der Waals surface area contributed by atoms with Crippen LogP contribution in [0, 0.1) is 0 Å². The molecule has 2 amide bonds. The molecule has 8 heteroatoms. The molecule has 122 valence electrons. The Kier molecular flexibility index (Phi) is 6.00. The number of methoxy groups -OCH3 is 1. The van der Waals surface area contributed by atoms with Gasteiger partial charge in [-0.1, -0.05) is 0 Å². The zero-order valence-electron chi connectivity index (χ0n) is 12.5. The van der Waals surface area contributed by atoms with Crippen molar-refractivity contribution in [2.45, 2.75) is 13.0 Å². The van der Waals surface area contributed by atoms with Crippen LogP contribution in [0.3, 0.4) is 0 Å². The standard InChI is InChI=1S/C15H15BrN2O4S/c1-9(22-11-5-3-10(21-2)4-6-11)14(19)17-18-15(20)12-7-8-13(16)23-12/h3-9H,1-2H3,(H,17,19)(H,18,20). The van der Waals surface area contributed by atoms with E-state index in [2.05, 4.69) is 26.8 Å². The third kappa shape index (κ3) is 4.97. The van der Waals surface area contributed by atoms with Crippen molar-refractivity contribution in [2.75, 3.05) is 7.11 Å². The Bertz CT molecular complexity index is 687. The summed E-state index contributed by atoms with van der Waals surface area (Å²) in [6.45, 7) is 1.59. The lowest BCUT2D eigenvalue weighted by Crippen LogP contribution is -2.47. The van der Waals surface area contributed by atoms with Crippen molar-refractivity contribution >= 4 is 39.1 Å². The van der Waals surface area contributed by atoms with Gasteiger partial charge < -0.3 is 9.47 Å². The molecule has 6 nitrogen and oxygen atoms in total. The molecule has 2 N–H and O–H groups in total. The average molecular weight is 399 g/mol. The maximum absolute atomic E-state index is 11.9. The second-order valence-electron chi connectivity index (χ2n) is 4.48. The quantitative estimate of drug-likeness (QED) is 0.759. The zero-order valence-corrected chi connectivity index (χ0v) is 14.9. The lowest BCUT2D eigenvalue weighted by Gasteiger charge is -2.15. The monoisotopic (exact) mass is 398 g/mol. The number of ether oxygens (including phenoxy) is 2. The van der Waals surface area contributed by atoms with Crippen molar-refractivity contribution in [3.05, 3.63) is 45.1 Å². The van der Waals surface area contributed by atoms with E-state index in [9.17, 15) is 9.59 Å². The second-order valence-corrected chi connectivity index (χ2v) is 6.95. The summed E-state index contributed by atoms with van der Waals surface area (Å²) in [5, 5.41) is 0. The van der Waals surface area contributed by atoms with Crippen LogP contribution in [-0.4, -0.2) is 25.0 Å². The van der Waals surface area contributed by atoms with Crippen LogP contribution in [0.2, 0.25) is 0 Å². The number of benzene rings is 1. The van der Waals surface area contributed by atoms with Gasteiger partial charge in [-0.25, -0.2) is 0 Å². The van der Waals surface area contributed by atoms with Crippen LogP contribution in [-0.2, 0) is 4.79 Å². The van der Waals surface area contributed by atoms with Gasteiger partial charge in [-0.3, -0.25) is 20.4 Å². The molecular weight excluding hydrogens is 384 g/mol. The van der Waals surface area contributed by atoms with Gasteiger partial charge in [0.05, 0.1) is 15.8 Å². The van der Waals surface area contributed by atoms with Gasteiger partial charge in [0.15, 0.2) is 6.10 Å². The third-order valence-electron chi connectivity index (χ3n) is 2.84. The fourth-order valence-electron chi connectivity index (χ4n) is 1.63. The summed E-state index contributed by atoms with van der Waals surface area (Å²) < 4.78 is 11.4. The van der Waals surface area contributed by atoms with Gasteiger partial charge in [0.2, 0.25) is 0 Å². The Labute approximate surface area is 145 Å². The maximum Gasteiger partial charge on any atom is 0.279 e. The lowest BCUT2D eigenvalue weighted by molar-refractivity contribution is -0.128. The SMILES string of the molecule is COc1ccc(OC(C)C(=O)NNC(=O)c2ccc(Br)s2)cc1. The molecule has 0 bridgehead atoms. The van der Waals surface area contributed by atoms with Crippen molar-refractivity contribution in [2.24, 2.45) is 0 Å². The molecule has 1 aromatic heterocycles. The molecule has 1 atom stereocenters. The first-order chi connectivity index (χ1) is 11.0. The van der Waals surface area contributed by atoms with E-state index < -0.39 is 12.0 Å². The first kappa shape index (κ1) is 17.3. The minimum absolute atomic E-state index is 0.384. The Hall–Kier alpha value is -2.06. The Morgan fingerprint density at radius 3 is 2.30 bits per heavy atom. The topological polar surface area (TPSA) is 76.7 Å². The number of hydrazine groups is 1. The van der Waals surface area contributed by atoms with Gasteiger partial charge in [0.25, 0.3) is 11.8 Å². The molecule has 0 aliphatic rings. The van der Waals surface area contributed by atoms with E-state index >= 15 is 0 Å². The van der Waals surface area contributed by atoms with Crippen LogP contribution in [0.5, 0.6) is 11.5 Å². The summed E-state index contributed by atoms with van der Waals surface area (Å²) in [6.07, 6.45) is -0.765. The van der Waals surface area contributed by atoms with E-state index in [4.69, 9.17) is 9.47 Å². The molecule has 23 heavy (non-hydrogen) atoms. The molecule has 2 aromatic rings. The molecule has 0 aliphatic carbocycles. The predicted octanol–water partition coefficient (Wildman–Crippen LogP) is 2.75. The molecule has 1 heterocycles. The van der Waals surface area contributed by atoms with Crippen LogP contribution in [0.15, 0.2) is 40.2 Å². The van der Waals surface area contributed by atoms with Crippen molar-refractivity contribution in [1.29, 1.82) is 0 Å². The van der Waals surface area contributed by atoms with Crippen molar-refractivity contribution < 1.29 is 19.1 Å². The molecule has 0 radical (unpaired) electrons. The van der Waals surface area contributed by atoms with Crippen LogP contribution in [0.4, 0.5) is 0 Å². The lowest BCUT2D eigenvalue weighted by atomic mass is 10.3.